The number of aromatic nitrogens is 2. The second kappa shape index (κ2) is 5.75. The lowest BCUT2D eigenvalue weighted by atomic mass is 9.91. The molecule has 1 amide bonds. The standard InChI is InChI=1S/C18H18ClN5O2/c1-18(21)5-7-24(8-6-18)17-22-13-12(14(23-17)16(20)26)9-3-2-4-10(19)11(9)15(13)25/h2-4H,5-8,21H2,1H3,(H2,20,26). The van der Waals surface area contributed by atoms with E-state index in [1.165, 1.54) is 0 Å². The van der Waals surface area contributed by atoms with Crippen molar-refractivity contribution in [2.45, 2.75) is 25.3 Å². The summed E-state index contributed by atoms with van der Waals surface area (Å²) in [6.07, 6.45) is 1.53. The van der Waals surface area contributed by atoms with Crippen molar-refractivity contribution in [3.63, 3.8) is 0 Å². The van der Waals surface area contributed by atoms with Gasteiger partial charge in [-0.1, -0.05) is 23.7 Å². The van der Waals surface area contributed by atoms with Crippen LogP contribution in [-0.4, -0.2) is 40.3 Å². The van der Waals surface area contributed by atoms with Crippen molar-refractivity contribution in [2.75, 3.05) is 18.0 Å². The molecule has 1 aromatic carbocycles. The number of benzene rings is 1. The second-order valence-electron chi connectivity index (χ2n) is 7.09. The Kier molecular flexibility index (Phi) is 3.75. The minimum absolute atomic E-state index is 0.0421. The lowest BCUT2D eigenvalue weighted by molar-refractivity contribution is 0.0996. The Morgan fingerprint density at radius 1 is 1.23 bits per heavy atom. The van der Waals surface area contributed by atoms with Crippen LogP contribution in [-0.2, 0) is 0 Å². The molecule has 1 saturated heterocycles. The normalized spacial score (nSPS) is 17.8. The second-order valence-corrected chi connectivity index (χ2v) is 7.50. The van der Waals surface area contributed by atoms with Gasteiger partial charge < -0.3 is 16.4 Å². The number of piperidine rings is 1. The molecule has 0 saturated carbocycles. The number of ketones is 1. The predicted molar refractivity (Wildman–Crippen MR) is 98.5 cm³/mol. The Labute approximate surface area is 155 Å². The van der Waals surface area contributed by atoms with E-state index in [2.05, 4.69) is 9.97 Å². The molecule has 2 aliphatic rings. The molecule has 0 radical (unpaired) electrons. The summed E-state index contributed by atoms with van der Waals surface area (Å²) in [4.78, 5) is 35.7. The third-order valence-corrected chi connectivity index (χ3v) is 5.36. The van der Waals surface area contributed by atoms with Gasteiger partial charge in [0.1, 0.15) is 11.4 Å². The fraction of sp³-hybridized carbons (Fsp3) is 0.333. The number of primary amides is 1. The monoisotopic (exact) mass is 371 g/mol. The van der Waals surface area contributed by atoms with Crippen LogP contribution >= 0.6 is 11.6 Å². The van der Waals surface area contributed by atoms with Gasteiger partial charge in [0.2, 0.25) is 11.7 Å². The summed E-state index contributed by atoms with van der Waals surface area (Å²) in [6, 6.07) is 5.07. The number of halogens is 1. The fourth-order valence-electron chi connectivity index (χ4n) is 3.49. The molecule has 0 atom stereocenters. The molecule has 7 nitrogen and oxygen atoms in total. The van der Waals surface area contributed by atoms with Crippen LogP contribution in [0, 0.1) is 0 Å². The highest BCUT2D eigenvalue weighted by Gasteiger charge is 2.36. The van der Waals surface area contributed by atoms with Crippen molar-refractivity contribution in [3.05, 3.63) is 40.2 Å². The first-order valence-electron chi connectivity index (χ1n) is 8.38. The highest BCUT2D eigenvalue weighted by atomic mass is 35.5. The average molecular weight is 372 g/mol. The van der Waals surface area contributed by atoms with Gasteiger partial charge in [0.15, 0.2) is 0 Å². The molecule has 2 aromatic rings. The van der Waals surface area contributed by atoms with Crippen LogP contribution in [0.4, 0.5) is 5.95 Å². The van der Waals surface area contributed by atoms with E-state index in [1.807, 2.05) is 11.8 Å². The quantitative estimate of drug-likeness (QED) is 0.709. The van der Waals surface area contributed by atoms with E-state index in [4.69, 9.17) is 23.1 Å². The van der Waals surface area contributed by atoms with Crippen molar-refractivity contribution in [1.29, 1.82) is 0 Å². The van der Waals surface area contributed by atoms with E-state index < -0.39 is 5.91 Å². The van der Waals surface area contributed by atoms with Crippen LogP contribution in [0.15, 0.2) is 18.2 Å². The van der Waals surface area contributed by atoms with Gasteiger partial charge in [0, 0.05) is 24.2 Å². The summed E-state index contributed by atoms with van der Waals surface area (Å²) in [5.41, 5.74) is 13.0. The molecule has 1 fully saturated rings. The van der Waals surface area contributed by atoms with Gasteiger partial charge in [-0.15, -0.1) is 0 Å². The maximum atomic E-state index is 12.9. The van der Waals surface area contributed by atoms with Gasteiger partial charge >= 0.3 is 0 Å². The third kappa shape index (κ3) is 2.55. The van der Waals surface area contributed by atoms with E-state index in [0.717, 1.165) is 12.8 Å². The van der Waals surface area contributed by atoms with Crippen molar-refractivity contribution in [3.8, 4) is 11.1 Å². The SMILES string of the molecule is CC1(N)CCN(c2nc(C(N)=O)c3c(n2)C(=O)c2c(Cl)cccc2-3)CC1. The molecule has 1 aliphatic carbocycles. The molecule has 0 spiro atoms. The number of nitrogens with zero attached hydrogens (tertiary/aromatic N) is 3. The van der Waals surface area contributed by atoms with Gasteiger partial charge in [-0.3, -0.25) is 9.59 Å². The van der Waals surface area contributed by atoms with E-state index in [9.17, 15) is 9.59 Å². The maximum Gasteiger partial charge on any atom is 0.268 e. The molecule has 1 aromatic heterocycles. The third-order valence-electron chi connectivity index (χ3n) is 5.04. The lowest BCUT2D eigenvalue weighted by Crippen LogP contribution is -2.48. The molecular formula is C18H18ClN5O2. The number of carbonyl (C=O) groups excluding carboxylic acids is 2. The van der Waals surface area contributed by atoms with Crippen LogP contribution in [0.25, 0.3) is 11.1 Å². The highest BCUT2D eigenvalue weighted by Crippen LogP contribution is 2.41. The van der Waals surface area contributed by atoms with Gasteiger partial charge in [-0.05, 0) is 31.4 Å². The average Bonchev–Trinajstić information content (AvgIpc) is 2.88. The topological polar surface area (TPSA) is 115 Å². The molecular weight excluding hydrogens is 354 g/mol. The summed E-state index contributed by atoms with van der Waals surface area (Å²) in [5, 5.41) is 0.319. The van der Waals surface area contributed by atoms with Crippen molar-refractivity contribution in [1.82, 2.24) is 9.97 Å². The molecule has 26 heavy (non-hydrogen) atoms. The van der Waals surface area contributed by atoms with Crippen LogP contribution in [0.5, 0.6) is 0 Å². The first-order valence-corrected chi connectivity index (χ1v) is 8.75. The van der Waals surface area contributed by atoms with Crippen molar-refractivity contribution < 1.29 is 9.59 Å². The van der Waals surface area contributed by atoms with Crippen molar-refractivity contribution in [2.24, 2.45) is 11.5 Å². The lowest BCUT2D eigenvalue weighted by Gasteiger charge is -2.36. The highest BCUT2D eigenvalue weighted by molar-refractivity contribution is 6.38. The zero-order chi connectivity index (χ0) is 18.6. The predicted octanol–water partition coefficient (Wildman–Crippen LogP) is 1.76. The zero-order valence-electron chi connectivity index (χ0n) is 14.3. The number of rotatable bonds is 2. The smallest absolute Gasteiger partial charge is 0.268 e. The van der Waals surface area contributed by atoms with E-state index in [-0.39, 0.29) is 22.7 Å². The Morgan fingerprint density at radius 2 is 1.92 bits per heavy atom. The molecule has 0 unspecified atom stereocenters. The summed E-state index contributed by atoms with van der Waals surface area (Å²) in [7, 11) is 0. The summed E-state index contributed by atoms with van der Waals surface area (Å²) in [6.45, 7) is 3.29. The first kappa shape index (κ1) is 16.9. The molecule has 1 aliphatic heterocycles. The number of amides is 1. The molecule has 4 rings (SSSR count). The summed E-state index contributed by atoms with van der Waals surface area (Å²) in [5.74, 6) is -0.691. The molecule has 8 heteroatoms. The first-order chi connectivity index (χ1) is 12.3. The van der Waals surface area contributed by atoms with Crippen LogP contribution < -0.4 is 16.4 Å². The molecule has 0 bridgehead atoms. The number of fused-ring (bicyclic) bond motifs is 3. The number of anilines is 1. The number of nitrogens with two attached hydrogens (primary N) is 2. The van der Waals surface area contributed by atoms with Gasteiger partial charge in [0.25, 0.3) is 5.91 Å². The van der Waals surface area contributed by atoms with Gasteiger partial charge in [0.05, 0.1) is 10.6 Å². The zero-order valence-corrected chi connectivity index (χ0v) is 15.0. The minimum Gasteiger partial charge on any atom is -0.364 e. The Bertz CT molecular complexity index is 947. The Hall–Kier alpha value is -2.51. The number of hydrogen-bond donors (Lipinski definition) is 2. The van der Waals surface area contributed by atoms with Gasteiger partial charge in [-0.2, -0.15) is 0 Å². The summed E-state index contributed by atoms with van der Waals surface area (Å²) < 4.78 is 0. The molecule has 2 heterocycles. The largest absolute Gasteiger partial charge is 0.364 e. The van der Waals surface area contributed by atoms with E-state index in [0.29, 0.717) is 40.8 Å². The fourth-order valence-corrected chi connectivity index (χ4v) is 3.75. The van der Waals surface area contributed by atoms with E-state index in [1.54, 1.807) is 18.2 Å². The van der Waals surface area contributed by atoms with E-state index >= 15 is 0 Å². The van der Waals surface area contributed by atoms with Crippen molar-refractivity contribution >= 4 is 29.2 Å². The number of carbonyl (C=O) groups is 2. The van der Waals surface area contributed by atoms with Crippen LogP contribution in [0.2, 0.25) is 5.02 Å². The minimum atomic E-state index is -0.703. The molecule has 4 N–H and O–H groups in total. The van der Waals surface area contributed by atoms with Gasteiger partial charge in [-0.25, -0.2) is 9.97 Å². The number of hydrogen-bond acceptors (Lipinski definition) is 6. The Morgan fingerprint density at radius 3 is 2.58 bits per heavy atom. The molecule has 134 valence electrons. The maximum absolute atomic E-state index is 12.9. The Balaban J connectivity index is 1.85. The summed E-state index contributed by atoms with van der Waals surface area (Å²) >= 11 is 6.20. The van der Waals surface area contributed by atoms with Crippen LogP contribution in [0.1, 0.15) is 46.3 Å². The van der Waals surface area contributed by atoms with Crippen LogP contribution in [0.3, 0.4) is 0 Å².